The zero-order chi connectivity index (χ0) is 10.7. The summed E-state index contributed by atoms with van der Waals surface area (Å²) < 4.78 is 0.889. The number of aromatic nitrogens is 2. The molecule has 2 rings (SSSR count). The molecule has 0 aliphatic heterocycles. The number of nitrogens with zero attached hydrogens (tertiary/aromatic N) is 2. The topological polar surface area (TPSA) is 37.8 Å². The van der Waals surface area contributed by atoms with Crippen molar-refractivity contribution in [3.63, 3.8) is 0 Å². The summed E-state index contributed by atoms with van der Waals surface area (Å²) >= 11 is 5.11. The number of nitrogens with one attached hydrogen (secondary N) is 1. The second-order valence-corrected chi connectivity index (χ2v) is 4.88. The quantitative estimate of drug-likeness (QED) is 0.941. The molecule has 0 saturated heterocycles. The molecule has 0 aliphatic carbocycles. The van der Waals surface area contributed by atoms with Crippen LogP contribution in [0.4, 0.5) is 5.82 Å². The Balaban J connectivity index is 2.22. The van der Waals surface area contributed by atoms with Gasteiger partial charge in [0, 0.05) is 24.5 Å². The van der Waals surface area contributed by atoms with Crippen LogP contribution in [0, 0.1) is 0 Å². The van der Waals surface area contributed by atoms with Crippen molar-refractivity contribution in [2.75, 3.05) is 12.4 Å². The largest absolute Gasteiger partial charge is 0.372 e. The first kappa shape index (κ1) is 10.6. The van der Waals surface area contributed by atoms with Gasteiger partial charge in [-0.05, 0) is 27.4 Å². The number of thiophene rings is 1. The van der Waals surface area contributed by atoms with Gasteiger partial charge >= 0.3 is 0 Å². The highest BCUT2D eigenvalue weighted by Crippen LogP contribution is 2.19. The van der Waals surface area contributed by atoms with Crippen LogP contribution in [0.15, 0.2) is 28.2 Å². The summed E-state index contributed by atoms with van der Waals surface area (Å²) in [6.07, 6.45) is 2.57. The van der Waals surface area contributed by atoms with Gasteiger partial charge in [0.2, 0.25) is 0 Å². The lowest BCUT2D eigenvalue weighted by atomic mass is 10.3. The Labute approximate surface area is 101 Å². The minimum atomic E-state index is 0.791. The lowest BCUT2D eigenvalue weighted by Crippen LogP contribution is -2.00. The molecule has 0 unspecified atom stereocenters. The van der Waals surface area contributed by atoms with E-state index >= 15 is 0 Å². The van der Waals surface area contributed by atoms with Crippen LogP contribution < -0.4 is 5.32 Å². The Morgan fingerprint density at radius 2 is 2.40 bits per heavy atom. The van der Waals surface area contributed by atoms with E-state index in [1.165, 1.54) is 4.88 Å². The normalized spacial score (nSPS) is 10.3. The van der Waals surface area contributed by atoms with Crippen molar-refractivity contribution in [2.45, 2.75) is 6.42 Å². The smallest absolute Gasteiger partial charge is 0.143 e. The minimum Gasteiger partial charge on any atom is -0.372 e. The van der Waals surface area contributed by atoms with E-state index in [9.17, 15) is 0 Å². The number of anilines is 1. The number of halogens is 1. The highest BCUT2D eigenvalue weighted by molar-refractivity contribution is 9.10. The van der Waals surface area contributed by atoms with E-state index in [1.807, 2.05) is 13.1 Å². The van der Waals surface area contributed by atoms with Gasteiger partial charge in [0.15, 0.2) is 0 Å². The first-order chi connectivity index (χ1) is 7.29. The van der Waals surface area contributed by atoms with Crippen LogP contribution in [0.1, 0.15) is 10.7 Å². The summed E-state index contributed by atoms with van der Waals surface area (Å²) in [5.74, 6) is 1.67. The van der Waals surface area contributed by atoms with E-state index in [1.54, 1.807) is 17.5 Å². The van der Waals surface area contributed by atoms with Gasteiger partial charge in [0.25, 0.3) is 0 Å². The maximum atomic E-state index is 4.40. The summed E-state index contributed by atoms with van der Waals surface area (Å²) in [4.78, 5) is 9.95. The number of rotatable bonds is 3. The van der Waals surface area contributed by atoms with Crippen molar-refractivity contribution in [3.05, 3.63) is 38.9 Å². The Bertz CT molecular complexity index is 442. The first-order valence-corrected chi connectivity index (χ1v) is 6.18. The van der Waals surface area contributed by atoms with Crippen molar-refractivity contribution in [3.8, 4) is 0 Å². The second kappa shape index (κ2) is 4.72. The highest BCUT2D eigenvalue weighted by Gasteiger charge is 2.04. The predicted molar refractivity (Wildman–Crippen MR) is 66.4 cm³/mol. The van der Waals surface area contributed by atoms with E-state index in [0.29, 0.717) is 0 Å². The summed E-state index contributed by atoms with van der Waals surface area (Å²) in [5.41, 5.74) is 0. The lowest BCUT2D eigenvalue weighted by molar-refractivity contribution is 0.975. The molecule has 0 radical (unpaired) electrons. The molecule has 0 amide bonds. The summed E-state index contributed by atoms with van der Waals surface area (Å²) in [6, 6.07) is 4.13. The lowest BCUT2D eigenvalue weighted by Gasteiger charge is -2.04. The molecular weight excluding hydrogens is 274 g/mol. The third-order valence-corrected chi connectivity index (χ3v) is 3.40. The van der Waals surface area contributed by atoms with Crippen LogP contribution in [0.5, 0.6) is 0 Å². The van der Waals surface area contributed by atoms with Crippen LogP contribution in [0.2, 0.25) is 0 Å². The van der Waals surface area contributed by atoms with E-state index in [4.69, 9.17) is 0 Å². The van der Waals surface area contributed by atoms with Crippen molar-refractivity contribution < 1.29 is 0 Å². The van der Waals surface area contributed by atoms with Crippen LogP contribution in [0.3, 0.4) is 0 Å². The van der Waals surface area contributed by atoms with Crippen molar-refractivity contribution >= 4 is 33.1 Å². The third kappa shape index (κ3) is 2.54. The minimum absolute atomic E-state index is 0.791. The summed E-state index contributed by atoms with van der Waals surface area (Å²) in [5, 5.41) is 5.08. The molecule has 0 bridgehead atoms. The van der Waals surface area contributed by atoms with Gasteiger partial charge in [-0.2, -0.15) is 0 Å². The molecule has 0 fully saturated rings. The second-order valence-electron chi connectivity index (χ2n) is 2.99. The van der Waals surface area contributed by atoms with Gasteiger partial charge in [-0.3, -0.25) is 0 Å². The molecule has 0 atom stereocenters. The van der Waals surface area contributed by atoms with E-state index in [0.717, 1.165) is 22.5 Å². The summed E-state index contributed by atoms with van der Waals surface area (Å²) in [7, 11) is 1.85. The van der Waals surface area contributed by atoms with Crippen LogP contribution in [-0.2, 0) is 6.42 Å². The standard InChI is InChI=1S/C10H10BrN3S/c1-12-10-8(11)6-13-9(14-10)5-7-3-2-4-15-7/h2-4,6H,5H2,1H3,(H,12,13,14). The fraction of sp³-hybridized carbons (Fsp3) is 0.200. The molecule has 1 N–H and O–H groups in total. The zero-order valence-electron chi connectivity index (χ0n) is 8.20. The van der Waals surface area contributed by atoms with Crippen LogP contribution in [0.25, 0.3) is 0 Å². The van der Waals surface area contributed by atoms with Gasteiger partial charge < -0.3 is 5.32 Å². The maximum Gasteiger partial charge on any atom is 0.143 e. The highest BCUT2D eigenvalue weighted by atomic mass is 79.9. The zero-order valence-corrected chi connectivity index (χ0v) is 10.6. The van der Waals surface area contributed by atoms with Crippen molar-refractivity contribution in [2.24, 2.45) is 0 Å². The molecular formula is C10H10BrN3S. The van der Waals surface area contributed by atoms with E-state index < -0.39 is 0 Å². The Kier molecular flexibility index (Phi) is 3.33. The predicted octanol–water partition coefficient (Wildman–Crippen LogP) is 2.93. The average Bonchev–Trinajstić information content (AvgIpc) is 2.73. The molecule has 3 nitrogen and oxygen atoms in total. The number of hydrogen-bond donors (Lipinski definition) is 1. The maximum absolute atomic E-state index is 4.40. The first-order valence-electron chi connectivity index (χ1n) is 4.51. The average molecular weight is 284 g/mol. The van der Waals surface area contributed by atoms with Gasteiger partial charge in [0.05, 0.1) is 4.47 Å². The Morgan fingerprint density at radius 1 is 1.53 bits per heavy atom. The molecule has 5 heteroatoms. The third-order valence-electron chi connectivity index (χ3n) is 1.94. The van der Waals surface area contributed by atoms with E-state index in [-0.39, 0.29) is 0 Å². The molecule has 2 aromatic heterocycles. The monoisotopic (exact) mass is 283 g/mol. The molecule has 2 aromatic rings. The van der Waals surface area contributed by atoms with E-state index in [2.05, 4.69) is 42.7 Å². The molecule has 78 valence electrons. The van der Waals surface area contributed by atoms with Crippen molar-refractivity contribution in [1.29, 1.82) is 0 Å². The van der Waals surface area contributed by atoms with Gasteiger partial charge in [-0.15, -0.1) is 11.3 Å². The van der Waals surface area contributed by atoms with Crippen molar-refractivity contribution in [1.82, 2.24) is 9.97 Å². The fourth-order valence-electron chi connectivity index (χ4n) is 1.23. The number of hydrogen-bond acceptors (Lipinski definition) is 4. The fourth-order valence-corrected chi connectivity index (χ4v) is 2.32. The molecule has 2 heterocycles. The SMILES string of the molecule is CNc1nc(Cc2cccs2)ncc1Br. The molecule has 15 heavy (non-hydrogen) atoms. The van der Waals surface area contributed by atoms with Gasteiger partial charge in [0.1, 0.15) is 11.6 Å². The van der Waals surface area contributed by atoms with Crippen LogP contribution in [-0.4, -0.2) is 17.0 Å². The Hall–Kier alpha value is -0.940. The van der Waals surface area contributed by atoms with Crippen LogP contribution >= 0.6 is 27.3 Å². The molecule has 0 aliphatic rings. The molecule has 0 spiro atoms. The molecule has 0 aromatic carbocycles. The molecule has 0 saturated carbocycles. The Morgan fingerprint density at radius 3 is 3.07 bits per heavy atom. The summed E-state index contributed by atoms with van der Waals surface area (Å²) in [6.45, 7) is 0. The van der Waals surface area contributed by atoms with Gasteiger partial charge in [-0.1, -0.05) is 6.07 Å². The van der Waals surface area contributed by atoms with Gasteiger partial charge in [-0.25, -0.2) is 9.97 Å².